The Morgan fingerprint density at radius 1 is 1.41 bits per heavy atom. The van der Waals surface area contributed by atoms with Crippen LogP contribution in [0.3, 0.4) is 0 Å². The molecule has 0 saturated heterocycles. The Kier molecular flexibility index (Phi) is 5.90. The van der Waals surface area contributed by atoms with Gasteiger partial charge in [0.1, 0.15) is 0 Å². The molecule has 1 saturated carbocycles. The number of ether oxygens (including phenoxy) is 1. The standard InChI is InChI=1S/C14H29NO2/c1-5-14(6-2)12(9-13(14)17-4)15-10-11(3)7-8-16/h11-13,15-16H,5-10H2,1-4H3. The molecule has 3 unspecified atom stereocenters. The third-order valence-corrected chi connectivity index (χ3v) is 4.72. The Labute approximate surface area is 106 Å². The number of hydrogen-bond donors (Lipinski definition) is 2. The molecule has 1 rings (SSSR count). The van der Waals surface area contributed by atoms with Crippen LogP contribution < -0.4 is 5.32 Å². The van der Waals surface area contributed by atoms with Crippen molar-refractivity contribution in [1.29, 1.82) is 0 Å². The zero-order chi connectivity index (χ0) is 12.9. The molecule has 102 valence electrons. The van der Waals surface area contributed by atoms with Crippen molar-refractivity contribution in [3.8, 4) is 0 Å². The zero-order valence-corrected chi connectivity index (χ0v) is 11.8. The van der Waals surface area contributed by atoms with Gasteiger partial charge in [-0.05, 0) is 38.1 Å². The van der Waals surface area contributed by atoms with Crippen LogP contribution >= 0.6 is 0 Å². The van der Waals surface area contributed by atoms with Gasteiger partial charge in [0.05, 0.1) is 6.10 Å². The second-order valence-corrected chi connectivity index (χ2v) is 5.48. The Bertz CT molecular complexity index is 216. The first-order valence-electron chi connectivity index (χ1n) is 7.01. The van der Waals surface area contributed by atoms with Crippen LogP contribution in [0.15, 0.2) is 0 Å². The number of hydrogen-bond acceptors (Lipinski definition) is 3. The summed E-state index contributed by atoms with van der Waals surface area (Å²) in [6.45, 7) is 8.01. The summed E-state index contributed by atoms with van der Waals surface area (Å²) in [7, 11) is 1.83. The van der Waals surface area contributed by atoms with Gasteiger partial charge in [0.25, 0.3) is 0 Å². The largest absolute Gasteiger partial charge is 0.396 e. The van der Waals surface area contributed by atoms with Crippen molar-refractivity contribution in [3.63, 3.8) is 0 Å². The van der Waals surface area contributed by atoms with E-state index < -0.39 is 0 Å². The van der Waals surface area contributed by atoms with Crippen LogP contribution in [0.2, 0.25) is 0 Å². The molecule has 2 N–H and O–H groups in total. The zero-order valence-electron chi connectivity index (χ0n) is 11.8. The fourth-order valence-corrected chi connectivity index (χ4v) is 3.23. The first-order chi connectivity index (χ1) is 8.14. The van der Waals surface area contributed by atoms with E-state index in [-0.39, 0.29) is 0 Å². The van der Waals surface area contributed by atoms with Gasteiger partial charge in [-0.15, -0.1) is 0 Å². The normalized spacial score (nSPS) is 28.8. The molecule has 17 heavy (non-hydrogen) atoms. The number of nitrogens with one attached hydrogen (secondary N) is 1. The lowest BCUT2D eigenvalue weighted by Gasteiger charge is -2.55. The van der Waals surface area contributed by atoms with Crippen molar-refractivity contribution in [3.05, 3.63) is 0 Å². The summed E-state index contributed by atoms with van der Waals surface area (Å²) in [6, 6.07) is 0.587. The Morgan fingerprint density at radius 2 is 2.06 bits per heavy atom. The average molecular weight is 243 g/mol. The monoisotopic (exact) mass is 243 g/mol. The van der Waals surface area contributed by atoms with E-state index in [1.54, 1.807) is 0 Å². The molecule has 3 heteroatoms. The average Bonchev–Trinajstić information content (AvgIpc) is 2.30. The van der Waals surface area contributed by atoms with Gasteiger partial charge in [0, 0.05) is 25.2 Å². The van der Waals surface area contributed by atoms with Crippen molar-refractivity contribution in [2.24, 2.45) is 11.3 Å². The van der Waals surface area contributed by atoms with Crippen LogP contribution in [-0.4, -0.2) is 37.5 Å². The Balaban J connectivity index is 2.44. The highest BCUT2D eigenvalue weighted by molar-refractivity contribution is 5.06. The van der Waals surface area contributed by atoms with Crippen molar-refractivity contribution < 1.29 is 9.84 Å². The number of methoxy groups -OCH3 is 1. The maximum absolute atomic E-state index is 8.90. The van der Waals surface area contributed by atoms with E-state index in [1.165, 1.54) is 12.8 Å². The highest BCUT2D eigenvalue weighted by atomic mass is 16.5. The molecular weight excluding hydrogens is 214 g/mol. The van der Waals surface area contributed by atoms with E-state index in [2.05, 4.69) is 26.1 Å². The van der Waals surface area contributed by atoms with Gasteiger partial charge in [0.2, 0.25) is 0 Å². The third kappa shape index (κ3) is 3.01. The minimum Gasteiger partial charge on any atom is -0.396 e. The smallest absolute Gasteiger partial charge is 0.0657 e. The molecular formula is C14H29NO2. The minimum absolute atomic E-state index is 0.293. The van der Waals surface area contributed by atoms with Crippen LogP contribution in [0.25, 0.3) is 0 Å². The van der Waals surface area contributed by atoms with Crippen molar-refractivity contribution in [1.82, 2.24) is 5.32 Å². The van der Waals surface area contributed by atoms with E-state index >= 15 is 0 Å². The molecule has 1 fully saturated rings. The molecule has 0 amide bonds. The lowest BCUT2D eigenvalue weighted by molar-refractivity contribution is -0.124. The predicted octanol–water partition coefficient (Wildman–Crippen LogP) is 2.19. The summed E-state index contributed by atoms with van der Waals surface area (Å²) in [5.41, 5.74) is 0.327. The van der Waals surface area contributed by atoms with Gasteiger partial charge >= 0.3 is 0 Å². The highest BCUT2D eigenvalue weighted by Gasteiger charge is 2.52. The molecule has 0 aromatic carbocycles. The second kappa shape index (κ2) is 6.72. The Hall–Kier alpha value is -0.120. The van der Waals surface area contributed by atoms with Gasteiger partial charge in [-0.3, -0.25) is 0 Å². The molecule has 1 aliphatic rings. The summed E-state index contributed by atoms with van der Waals surface area (Å²) in [4.78, 5) is 0. The summed E-state index contributed by atoms with van der Waals surface area (Å²) in [5, 5.41) is 12.6. The molecule has 0 aromatic rings. The SMILES string of the molecule is CCC1(CC)C(NCC(C)CCO)CC1OC. The third-order valence-electron chi connectivity index (χ3n) is 4.72. The lowest BCUT2D eigenvalue weighted by Crippen LogP contribution is -2.63. The summed E-state index contributed by atoms with van der Waals surface area (Å²) in [6.07, 6.45) is 4.79. The van der Waals surface area contributed by atoms with Crippen molar-refractivity contribution >= 4 is 0 Å². The molecule has 0 spiro atoms. The molecule has 1 aliphatic carbocycles. The fraction of sp³-hybridized carbons (Fsp3) is 1.00. The number of aliphatic hydroxyl groups excluding tert-OH is 1. The second-order valence-electron chi connectivity index (χ2n) is 5.48. The predicted molar refractivity (Wildman–Crippen MR) is 71.1 cm³/mol. The van der Waals surface area contributed by atoms with E-state index in [0.29, 0.717) is 30.1 Å². The molecule has 3 nitrogen and oxygen atoms in total. The van der Waals surface area contributed by atoms with Crippen LogP contribution in [0, 0.1) is 11.3 Å². The van der Waals surface area contributed by atoms with Gasteiger partial charge in [-0.1, -0.05) is 20.8 Å². The van der Waals surface area contributed by atoms with Crippen LogP contribution in [-0.2, 0) is 4.74 Å². The van der Waals surface area contributed by atoms with E-state index in [4.69, 9.17) is 9.84 Å². The molecule has 0 radical (unpaired) electrons. The maximum Gasteiger partial charge on any atom is 0.0657 e. The lowest BCUT2D eigenvalue weighted by atomic mass is 9.58. The first kappa shape index (κ1) is 14.9. The van der Waals surface area contributed by atoms with Gasteiger partial charge in [0.15, 0.2) is 0 Å². The van der Waals surface area contributed by atoms with Crippen LogP contribution in [0.5, 0.6) is 0 Å². The van der Waals surface area contributed by atoms with E-state index in [1.807, 2.05) is 7.11 Å². The van der Waals surface area contributed by atoms with Crippen molar-refractivity contribution in [2.75, 3.05) is 20.3 Å². The molecule has 3 atom stereocenters. The van der Waals surface area contributed by atoms with E-state index in [0.717, 1.165) is 19.4 Å². The molecule has 0 aliphatic heterocycles. The van der Waals surface area contributed by atoms with Crippen molar-refractivity contribution in [2.45, 2.75) is 58.6 Å². The minimum atomic E-state index is 0.293. The van der Waals surface area contributed by atoms with Crippen LogP contribution in [0.4, 0.5) is 0 Å². The fourth-order valence-electron chi connectivity index (χ4n) is 3.23. The number of aliphatic hydroxyl groups is 1. The highest BCUT2D eigenvalue weighted by Crippen LogP contribution is 2.48. The quantitative estimate of drug-likeness (QED) is 0.686. The summed E-state index contributed by atoms with van der Waals surface area (Å²) in [5.74, 6) is 0.549. The van der Waals surface area contributed by atoms with Gasteiger partial charge in [-0.25, -0.2) is 0 Å². The molecule has 0 bridgehead atoms. The Morgan fingerprint density at radius 3 is 2.53 bits per heavy atom. The number of rotatable bonds is 8. The molecule has 0 heterocycles. The van der Waals surface area contributed by atoms with Crippen LogP contribution in [0.1, 0.15) is 46.5 Å². The summed E-state index contributed by atoms with van der Waals surface area (Å²) < 4.78 is 5.59. The van der Waals surface area contributed by atoms with Gasteiger partial charge < -0.3 is 15.2 Å². The topological polar surface area (TPSA) is 41.5 Å². The molecule has 0 aromatic heterocycles. The summed E-state index contributed by atoms with van der Waals surface area (Å²) >= 11 is 0. The van der Waals surface area contributed by atoms with Gasteiger partial charge in [-0.2, -0.15) is 0 Å². The van der Waals surface area contributed by atoms with E-state index in [9.17, 15) is 0 Å². The first-order valence-corrected chi connectivity index (χ1v) is 7.01. The maximum atomic E-state index is 8.90.